The smallest absolute Gasteiger partial charge is 0.236 e. The Kier molecular flexibility index (Phi) is 8.89. The predicted molar refractivity (Wildman–Crippen MR) is 146 cm³/mol. The number of para-hydroxylation sites is 1. The zero-order valence-corrected chi connectivity index (χ0v) is 22.4. The summed E-state index contributed by atoms with van der Waals surface area (Å²) in [6, 6.07) is 8.30. The Balaban J connectivity index is 1.12. The van der Waals surface area contributed by atoms with E-state index in [9.17, 15) is 9.59 Å². The number of hydrogen-bond acceptors (Lipinski definition) is 6. The van der Waals surface area contributed by atoms with E-state index in [1.54, 1.807) is 12.4 Å². The maximum atomic E-state index is 13.4. The van der Waals surface area contributed by atoms with E-state index >= 15 is 0 Å². The molecule has 2 aromatic rings. The first kappa shape index (κ1) is 26.6. The van der Waals surface area contributed by atoms with E-state index in [4.69, 9.17) is 4.74 Å². The molecule has 2 saturated heterocycles. The van der Waals surface area contributed by atoms with E-state index in [0.717, 1.165) is 95.4 Å². The SMILES string of the molecule is O=C(CN1CCC2(CCCCc3ccccc3OCCCNC2=O)CC1)N1CCC(Cc2cnccn2)C1. The second-order valence-electron chi connectivity index (χ2n) is 11.2. The molecular weight excluding hydrogens is 478 g/mol. The van der Waals surface area contributed by atoms with Gasteiger partial charge in [-0.15, -0.1) is 0 Å². The molecular formula is C30H41N5O3. The van der Waals surface area contributed by atoms with Crippen molar-refractivity contribution in [3.05, 3.63) is 54.1 Å². The molecule has 2 amide bonds. The van der Waals surface area contributed by atoms with Crippen LogP contribution in [-0.2, 0) is 22.4 Å². The van der Waals surface area contributed by atoms with Gasteiger partial charge in [0.15, 0.2) is 0 Å². The molecule has 1 unspecified atom stereocenters. The molecule has 1 spiro atoms. The summed E-state index contributed by atoms with van der Waals surface area (Å²) >= 11 is 0. The normalized spacial score (nSPS) is 22.9. The summed E-state index contributed by atoms with van der Waals surface area (Å²) in [7, 11) is 0. The van der Waals surface area contributed by atoms with Crippen LogP contribution in [-0.4, -0.2) is 77.5 Å². The standard InChI is InChI=1S/C30H41N5O3/c36-28(35-16-9-24(22-35)20-26-21-31-14-15-32-26)23-34-17-11-30(12-18-34)10-4-3-7-25-6-1-2-8-27(25)38-19-5-13-33-29(30)37/h1-2,6,8,14-15,21,24H,3-5,7,9-13,16-20,22-23H2,(H,33,37). The molecule has 0 saturated carbocycles. The van der Waals surface area contributed by atoms with Crippen molar-refractivity contribution >= 4 is 11.8 Å². The molecule has 4 heterocycles. The molecule has 1 aromatic carbocycles. The van der Waals surface area contributed by atoms with Gasteiger partial charge in [-0.25, -0.2) is 0 Å². The Bertz CT molecular complexity index is 1070. The number of benzene rings is 1. The van der Waals surface area contributed by atoms with Crippen LogP contribution in [0.25, 0.3) is 0 Å². The minimum atomic E-state index is -0.330. The van der Waals surface area contributed by atoms with Gasteiger partial charge in [0.2, 0.25) is 11.8 Å². The summed E-state index contributed by atoms with van der Waals surface area (Å²) in [5.74, 6) is 1.82. The van der Waals surface area contributed by atoms with Crippen molar-refractivity contribution in [3.8, 4) is 5.75 Å². The summed E-state index contributed by atoms with van der Waals surface area (Å²) in [6.07, 6.45) is 13.5. The third-order valence-corrected chi connectivity index (χ3v) is 8.60. The molecule has 204 valence electrons. The van der Waals surface area contributed by atoms with E-state index in [1.807, 2.05) is 23.2 Å². The molecule has 1 aromatic heterocycles. The van der Waals surface area contributed by atoms with Gasteiger partial charge in [0.05, 0.1) is 24.3 Å². The Morgan fingerprint density at radius 3 is 2.79 bits per heavy atom. The van der Waals surface area contributed by atoms with Gasteiger partial charge in [0.1, 0.15) is 5.75 Å². The highest BCUT2D eigenvalue weighted by molar-refractivity contribution is 5.83. The van der Waals surface area contributed by atoms with Crippen molar-refractivity contribution in [3.63, 3.8) is 0 Å². The number of hydrogen-bond donors (Lipinski definition) is 1. The first-order valence-electron chi connectivity index (χ1n) is 14.4. The van der Waals surface area contributed by atoms with Gasteiger partial charge < -0.3 is 15.0 Å². The topological polar surface area (TPSA) is 87.7 Å². The van der Waals surface area contributed by atoms with Crippen LogP contribution in [0, 0.1) is 11.3 Å². The fourth-order valence-electron chi connectivity index (χ4n) is 6.25. The number of nitrogens with zero attached hydrogens (tertiary/aromatic N) is 4. The first-order chi connectivity index (χ1) is 18.6. The zero-order chi connectivity index (χ0) is 26.2. The van der Waals surface area contributed by atoms with Crippen molar-refractivity contribution in [2.75, 3.05) is 45.9 Å². The number of carbonyl (C=O) groups excluding carboxylic acids is 2. The van der Waals surface area contributed by atoms with E-state index in [2.05, 4.69) is 32.3 Å². The van der Waals surface area contributed by atoms with Gasteiger partial charge >= 0.3 is 0 Å². The van der Waals surface area contributed by atoms with Gasteiger partial charge in [-0.2, -0.15) is 0 Å². The van der Waals surface area contributed by atoms with Crippen molar-refractivity contribution in [1.29, 1.82) is 0 Å². The number of aromatic nitrogens is 2. The Labute approximate surface area is 226 Å². The average Bonchev–Trinajstić information content (AvgIpc) is 3.41. The number of amides is 2. The van der Waals surface area contributed by atoms with Crippen molar-refractivity contribution in [2.45, 2.75) is 57.8 Å². The average molecular weight is 520 g/mol. The van der Waals surface area contributed by atoms with Crippen molar-refractivity contribution in [2.24, 2.45) is 11.3 Å². The number of carbonyl (C=O) groups is 2. The number of ether oxygens (including phenoxy) is 1. The predicted octanol–water partition coefficient (Wildman–Crippen LogP) is 3.26. The molecule has 5 rings (SSSR count). The summed E-state index contributed by atoms with van der Waals surface area (Å²) in [6.45, 7) is 4.89. The van der Waals surface area contributed by atoms with Crippen LogP contribution in [0.2, 0.25) is 0 Å². The fourth-order valence-corrected chi connectivity index (χ4v) is 6.25. The monoisotopic (exact) mass is 519 g/mol. The highest BCUT2D eigenvalue weighted by Gasteiger charge is 2.41. The maximum Gasteiger partial charge on any atom is 0.236 e. The van der Waals surface area contributed by atoms with Gasteiger partial charge in [0, 0.05) is 38.2 Å². The van der Waals surface area contributed by atoms with Gasteiger partial charge in [0.25, 0.3) is 0 Å². The van der Waals surface area contributed by atoms with Crippen LogP contribution in [0.3, 0.4) is 0 Å². The third kappa shape index (κ3) is 6.70. The summed E-state index contributed by atoms with van der Waals surface area (Å²) < 4.78 is 6.00. The van der Waals surface area contributed by atoms with Crippen LogP contribution >= 0.6 is 0 Å². The van der Waals surface area contributed by atoms with Crippen LogP contribution in [0.15, 0.2) is 42.9 Å². The second-order valence-corrected chi connectivity index (χ2v) is 11.2. The number of aryl methyl sites for hydroxylation is 1. The zero-order valence-electron chi connectivity index (χ0n) is 22.4. The summed E-state index contributed by atoms with van der Waals surface area (Å²) in [4.78, 5) is 39.3. The lowest BCUT2D eigenvalue weighted by atomic mass is 9.73. The molecule has 8 nitrogen and oxygen atoms in total. The lowest BCUT2D eigenvalue weighted by molar-refractivity contribution is -0.136. The molecule has 8 heteroatoms. The number of fused-ring (bicyclic) bond motifs is 1. The quantitative estimate of drug-likeness (QED) is 0.667. The third-order valence-electron chi connectivity index (χ3n) is 8.60. The molecule has 0 radical (unpaired) electrons. The van der Waals surface area contributed by atoms with Crippen LogP contribution < -0.4 is 10.1 Å². The molecule has 2 fully saturated rings. The van der Waals surface area contributed by atoms with Crippen LogP contribution in [0.4, 0.5) is 0 Å². The highest BCUT2D eigenvalue weighted by atomic mass is 16.5. The van der Waals surface area contributed by atoms with Gasteiger partial charge in [-0.05, 0) is 82.0 Å². The molecule has 3 aliphatic heterocycles. The van der Waals surface area contributed by atoms with E-state index < -0.39 is 0 Å². The summed E-state index contributed by atoms with van der Waals surface area (Å²) in [5, 5.41) is 3.21. The largest absolute Gasteiger partial charge is 0.493 e. The Hall–Kier alpha value is -3.00. The van der Waals surface area contributed by atoms with Gasteiger partial charge in [-0.3, -0.25) is 24.5 Å². The minimum absolute atomic E-state index is 0.187. The second kappa shape index (κ2) is 12.7. The molecule has 0 aliphatic carbocycles. The number of piperidine rings is 1. The number of nitrogens with one attached hydrogen (secondary N) is 1. The molecule has 1 atom stereocenters. The molecule has 1 N–H and O–H groups in total. The Morgan fingerprint density at radius 2 is 1.95 bits per heavy atom. The molecule has 38 heavy (non-hydrogen) atoms. The van der Waals surface area contributed by atoms with E-state index in [-0.39, 0.29) is 17.2 Å². The lowest BCUT2D eigenvalue weighted by Gasteiger charge is -2.41. The van der Waals surface area contributed by atoms with Crippen molar-refractivity contribution in [1.82, 2.24) is 25.1 Å². The van der Waals surface area contributed by atoms with Crippen LogP contribution in [0.5, 0.6) is 5.75 Å². The van der Waals surface area contributed by atoms with Gasteiger partial charge in [-0.1, -0.05) is 24.6 Å². The molecule has 0 bridgehead atoms. The Morgan fingerprint density at radius 1 is 1.08 bits per heavy atom. The fraction of sp³-hybridized carbons (Fsp3) is 0.600. The minimum Gasteiger partial charge on any atom is -0.493 e. The van der Waals surface area contributed by atoms with Crippen LogP contribution in [0.1, 0.15) is 56.2 Å². The summed E-state index contributed by atoms with van der Waals surface area (Å²) in [5.41, 5.74) is 1.92. The number of likely N-dealkylation sites (tertiary alicyclic amines) is 2. The van der Waals surface area contributed by atoms with E-state index in [1.165, 1.54) is 5.56 Å². The van der Waals surface area contributed by atoms with Crippen molar-refractivity contribution < 1.29 is 14.3 Å². The first-order valence-corrected chi connectivity index (χ1v) is 14.4. The maximum absolute atomic E-state index is 13.4. The highest BCUT2D eigenvalue weighted by Crippen LogP contribution is 2.38. The lowest BCUT2D eigenvalue weighted by Crippen LogP contribution is -2.51. The molecule has 3 aliphatic rings. The van der Waals surface area contributed by atoms with E-state index in [0.29, 0.717) is 25.6 Å². The number of rotatable bonds is 4.